The van der Waals surface area contributed by atoms with Gasteiger partial charge in [0.25, 0.3) is 0 Å². The molecule has 0 bridgehead atoms. The van der Waals surface area contributed by atoms with Crippen LogP contribution in [-0.4, -0.2) is 9.55 Å². The van der Waals surface area contributed by atoms with E-state index in [1.807, 2.05) is 6.07 Å². The Bertz CT molecular complexity index is 1180. The lowest BCUT2D eigenvalue weighted by Gasteiger charge is -2.27. The predicted octanol–water partition coefficient (Wildman–Crippen LogP) is 5.96. The highest BCUT2D eigenvalue weighted by atomic mass is 15.2. The highest BCUT2D eigenvalue weighted by Crippen LogP contribution is 2.37. The van der Waals surface area contributed by atoms with Gasteiger partial charge in [-0.15, -0.1) is 0 Å². The fourth-order valence-electron chi connectivity index (χ4n) is 4.00. The number of aromatic nitrogens is 2. The van der Waals surface area contributed by atoms with Crippen molar-refractivity contribution in [3.63, 3.8) is 0 Å². The first-order chi connectivity index (χ1) is 13.7. The average Bonchev–Trinajstić information content (AvgIpc) is 3.11. The van der Waals surface area contributed by atoms with Gasteiger partial charge in [-0.3, -0.25) is 4.57 Å². The third-order valence-corrected chi connectivity index (χ3v) is 5.50. The Labute approximate surface area is 165 Å². The Morgan fingerprint density at radius 1 is 0.964 bits per heavy atom. The van der Waals surface area contributed by atoms with E-state index in [-0.39, 0.29) is 6.04 Å². The molecule has 0 fully saturated rings. The van der Waals surface area contributed by atoms with E-state index in [0.29, 0.717) is 0 Å². The van der Waals surface area contributed by atoms with Gasteiger partial charge >= 0.3 is 0 Å². The molecular weight excluding hydrogens is 342 g/mol. The number of nitrogens with zero attached hydrogens (tertiary/aromatic N) is 2. The number of rotatable bonds is 3. The number of anilines is 1. The Kier molecular flexibility index (Phi) is 4.01. The average molecular weight is 365 g/mol. The second-order valence-electron chi connectivity index (χ2n) is 7.41. The van der Waals surface area contributed by atoms with Crippen LogP contribution in [0.2, 0.25) is 0 Å². The summed E-state index contributed by atoms with van der Waals surface area (Å²) in [6.45, 7) is 4.33. The Morgan fingerprint density at radius 2 is 1.79 bits per heavy atom. The summed E-state index contributed by atoms with van der Waals surface area (Å²) in [5.41, 5.74) is 8.34. The Balaban J connectivity index is 1.69. The van der Waals surface area contributed by atoms with E-state index in [9.17, 15) is 0 Å². The monoisotopic (exact) mass is 365 g/mol. The van der Waals surface area contributed by atoms with Crippen LogP contribution < -0.4 is 5.32 Å². The maximum atomic E-state index is 4.87. The van der Waals surface area contributed by atoms with Crippen LogP contribution in [0.5, 0.6) is 0 Å². The standard InChI is InChI=1S/C25H23N3/c1-3-18-11-13-19(14-12-18)22-16-24(20-8-6-7-17(2)15-20)28-23-10-5-4-9-21(23)26-25(28)27-22/h4-16,24H,3H2,1-2H3,(H,26,27)/t24-/m1/s1. The van der Waals surface area contributed by atoms with Crippen molar-refractivity contribution in [3.05, 3.63) is 101 Å². The van der Waals surface area contributed by atoms with Crippen molar-refractivity contribution in [2.45, 2.75) is 26.3 Å². The van der Waals surface area contributed by atoms with Gasteiger partial charge in [0.2, 0.25) is 5.95 Å². The minimum Gasteiger partial charge on any atom is -0.325 e. The van der Waals surface area contributed by atoms with Crippen LogP contribution in [0, 0.1) is 6.92 Å². The highest BCUT2D eigenvalue weighted by Gasteiger charge is 2.25. The van der Waals surface area contributed by atoms with E-state index in [2.05, 4.69) is 96.5 Å². The molecule has 0 amide bonds. The third kappa shape index (κ3) is 2.80. The molecule has 0 saturated heterocycles. The predicted molar refractivity (Wildman–Crippen MR) is 116 cm³/mol. The normalized spacial score (nSPS) is 15.8. The highest BCUT2D eigenvalue weighted by molar-refractivity contribution is 5.85. The van der Waals surface area contributed by atoms with E-state index in [0.717, 1.165) is 29.1 Å². The first-order valence-electron chi connectivity index (χ1n) is 9.84. The molecule has 0 saturated carbocycles. The molecule has 1 N–H and O–H groups in total. The summed E-state index contributed by atoms with van der Waals surface area (Å²) in [6, 6.07) is 26.0. The zero-order valence-corrected chi connectivity index (χ0v) is 16.2. The minimum absolute atomic E-state index is 0.101. The van der Waals surface area contributed by atoms with Gasteiger partial charge in [0.1, 0.15) is 0 Å². The fraction of sp³-hybridized carbons (Fsp3) is 0.160. The van der Waals surface area contributed by atoms with Crippen molar-refractivity contribution in [2.24, 2.45) is 0 Å². The van der Waals surface area contributed by atoms with Gasteiger partial charge in [-0.1, -0.05) is 73.2 Å². The molecule has 0 unspecified atom stereocenters. The molecule has 0 radical (unpaired) electrons. The molecule has 1 atom stereocenters. The largest absolute Gasteiger partial charge is 0.325 e. The third-order valence-electron chi connectivity index (χ3n) is 5.50. The van der Waals surface area contributed by atoms with Crippen LogP contribution in [0.25, 0.3) is 16.7 Å². The number of imidazole rings is 1. The van der Waals surface area contributed by atoms with Crippen LogP contribution in [0.15, 0.2) is 78.9 Å². The molecule has 1 aromatic heterocycles. The van der Waals surface area contributed by atoms with Crippen LogP contribution in [-0.2, 0) is 6.42 Å². The maximum Gasteiger partial charge on any atom is 0.209 e. The van der Waals surface area contributed by atoms with Crippen LogP contribution in [0.3, 0.4) is 0 Å². The van der Waals surface area contributed by atoms with Gasteiger partial charge in [0.05, 0.1) is 17.1 Å². The summed E-state index contributed by atoms with van der Waals surface area (Å²) in [4.78, 5) is 4.87. The van der Waals surface area contributed by atoms with E-state index >= 15 is 0 Å². The van der Waals surface area contributed by atoms with E-state index < -0.39 is 0 Å². The van der Waals surface area contributed by atoms with Gasteiger partial charge in [0, 0.05) is 5.70 Å². The second kappa shape index (κ2) is 6.68. The minimum atomic E-state index is 0.101. The van der Waals surface area contributed by atoms with E-state index in [4.69, 9.17) is 4.98 Å². The summed E-state index contributed by atoms with van der Waals surface area (Å²) < 4.78 is 2.30. The number of nitrogens with one attached hydrogen (secondary N) is 1. The first-order valence-corrected chi connectivity index (χ1v) is 9.84. The van der Waals surface area contributed by atoms with Crippen molar-refractivity contribution in [1.82, 2.24) is 9.55 Å². The van der Waals surface area contributed by atoms with Crippen molar-refractivity contribution in [2.75, 3.05) is 5.32 Å². The molecule has 138 valence electrons. The van der Waals surface area contributed by atoms with Crippen molar-refractivity contribution in [1.29, 1.82) is 0 Å². The summed E-state index contributed by atoms with van der Waals surface area (Å²) in [5.74, 6) is 0.893. The zero-order valence-electron chi connectivity index (χ0n) is 16.2. The molecule has 0 aliphatic carbocycles. The molecule has 5 rings (SSSR count). The van der Waals surface area contributed by atoms with Crippen LogP contribution >= 0.6 is 0 Å². The molecule has 2 heterocycles. The van der Waals surface area contributed by atoms with Gasteiger partial charge in [-0.2, -0.15) is 0 Å². The molecule has 4 aromatic rings. The summed E-state index contributed by atoms with van der Waals surface area (Å²) in [6.07, 6.45) is 3.37. The van der Waals surface area contributed by atoms with Gasteiger partial charge < -0.3 is 5.32 Å². The lowest BCUT2D eigenvalue weighted by Crippen LogP contribution is -2.19. The first kappa shape index (κ1) is 16.8. The molecule has 28 heavy (non-hydrogen) atoms. The molecule has 3 aromatic carbocycles. The van der Waals surface area contributed by atoms with Crippen molar-refractivity contribution < 1.29 is 0 Å². The molecule has 1 aliphatic rings. The topological polar surface area (TPSA) is 29.9 Å². The molecule has 3 nitrogen and oxygen atoms in total. The SMILES string of the molecule is CCc1ccc(C2=C[C@H](c3cccc(C)c3)n3c(nc4ccccc43)N2)cc1. The number of hydrogen-bond donors (Lipinski definition) is 1. The van der Waals surface area contributed by atoms with Crippen LogP contribution in [0.4, 0.5) is 5.95 Å². The number of allylic oxidation sites excluding steroid dienone is 1. The summed E-state index contributed by atoms with van der Waals surface area (Å²) in [7, 11) is 0. The lowest BCUT2D eigenvalue weighted by atomic mass is 9.99. The summed E-state index contributed by atoms with van der Waals surface area (Å²) in [5, 5.41) is 3.57. The number of fused-ring (bicyclic) bond motifs is 3. The number of para-hydroxylation sites is 2. The Hall–Kier alpha value is -3.33. The van der Waals surface area contributed by atoms with Crippen LogP contribution in [0.1, 0.15) is 35.2 Å². The van der Waals surface area contributed by atoms with E-state index in [1.54, 1.807) is 0 Å². The zero-order chi connectivity index (χ0) is 19.1. The van der Waals surface area contributed by atoms with Crippen molar-refractivity contribution >= 4 is 22.7 Å². The molecule has 3 heteroatoms. The summed E-state index contributed by atoms with van der Waals surface area (Å²) >= 11 is 0. The molecule has 1 aliphatic heterocycles. The second-order valence-corrected chi connectivity index (χ2v) is 7.41. The molecular formula is C25H23N3. The van der Waals surface area contributed by atoms with Gasteiger partial charge in [0.15, 0.2) is 0 Å². The van der Waals surface area contributed by atoms with E-state index in [1.165, 1.54) is 22.3 Å². The molecule has 0 spiro atoms. The van der Waals surface area contributed by atoms with Gasteiger partial charge in [-0.25, -0.2) is 4.98 Å². The Morgan fingerprint density at radius 3 is 2.57 bits per heavy atom. The quantitative estimate of drug-likeness (QED) is 0.485. The smallest absolute Gasteiger partial charge is 0.209 e. The van der Waals surface area contributed by atoms with Gasteiger partial charge in [-0.05, 0) is 48.2 Å². The number of benzene rings is 3. The van der Waals surface area contributed by atoms with Crippen molar-refractivity contribution in [3.8, 4) is 0 Å². The fourth-order valence-corrected chi connectivity index (χ4v) is 4.00. The maximum absolute atomic E-state index is 4.87. The number of aryl methyl sites for hydroxylation is 2. The number of hydrogen-bond acceptors (Lipinski definition) is 2. The lowest BCUT2D eigenvalue weighted by molar-refractivity contribution is 0.720.